The quantitative estimate of drug-likeness (QED) is 0.121. The molecule has 0 aliphatic carbocycles. The van der Waals surface area contributed by atoms with Crippen molar-refractivity contribution in [3.8, 4) is 17.2 Å². The summed E-state index contributed by atoms with van der Waals surface area (Å²) in [6.45, 7) is 3.01. The summed E-state index contributed by atoms with van der Waals surface area (Å²) in [5.74, 6) is 1.83. The van der Waals surface area contributed by atoms with Crippen LogP contribution >= 0.6 is 11.6 Å². The second-order valence-electron chi connectivity index (χ2n) is 9.07. The second-order valence-corrected chi connectivity index (χ2v) is 9.51. The van der Waals surface area contributed by atoms with Gasteiger partial charge in [-0.1, -0.05) is 48.9 Å². The van der Waals surface area contributed by atoms with Crippen LogP contribution in [0, 0.1) is 0 Å². The summed E-state index contributed by atoms with van der Waals surface area (Å²) >= 11 is 5.98. The Kier molecular flexibility index (Phi) is 8.47. The molecular formula is C33H28ClNO5. The first kappa shape index (κ1) is 27.0. The van der Waals surface area contributed by atoms with Gasteiger partial charge in [0, 0.05) is 10.6 Å². The van der Waals surface area contributed by atoms with Gasteiger partial charge in [-0.05, 0) is 84.3 Å². The Labute approximate surface area is 237 Å². The van der Waals surface area contributed by atoms with Crippen LogP contribution in [0.2, 0.25) is 5.02 Å². The molecule has 0 spiro atoms. The lowest BCUT2D eigenvalue weighted by molar-refractivity contribution is 0.105. The summed E-state index contributed by atoms with van der Waals surface area (Å²) < 4.78 is 23.3. The fourth-order valence-corrected chi connectivity index (χ4v) is 4.22. The molecule has 6 nitrogen and oxygen atoms in total. The Bertz CT molecular complexity index is 1610. The Morgan fingerprint density at radius 1 is 0.925 bits per heavy atom. The van der Waals surface area contributed by atoms with Crippen LogP contribution < -0.4 is 14.2 Å². The molecule has 1 aromatic heterocycles. The molecule has 0 N–H and O–H groups in total. The van der Waals surface area contributed by atoms with E-state index in [9.17, 15) is 4.79 Å². The van der Waals surface area contributed by atoms with Gasteiger partial charge >= 0.3 is 0 Å². The Morgan fingerprint density at radius 2 is 1.70 bits per heavy atom. The van der Waals surface area contributed by atoms with Crippen molar-refractivity contribution in [2.24, 2.45) is 0 Å². The maximum Gasteiger partial charge on any atom is 0.231 e. The van der Waals surface area contributed by atoms with Gasteiger partial charge in [0.1, 0.15) is 17.9 Å². The number of hydrogen-bond acceptors (Lipinski definition) is 6. The number of carbonyl (C=O) groups excluding carboxylic acids is 1. The summed E-state index contributed by atoms with van der Waals surface area (Å²) in [6, 6.07) is 27.4. The Morgan fingerprint density at radius 3 is 2.42 bits per heavy atom. The van der Waals surface area contributed by atoms with Gasteiger partial charge in [-0.2, -0.15) is 0 Å². The molecule has 0 saturated carbocycles. The van der Waals surface area contributed by atoms with E-state index in [-0.39, 0.29) is 11.7 Å². The number of allylic oxidation sites excluding steroid dienone is 1. The average Bonchev–Trinajstić information content (AvgIpc) is 3.43. The summed E-state index contributed by atoms with van der Waals surface area (Å²) in [5, 5.41) is 0.669. The summed E-state index contributed by atoms with van der Waals surface area (Å²) in [4.78, 5) is 18.4. The minimum Gasteiger partial charge on any atom is -0.494 e. The molecule has 0 amide bonds. The second kappa shape index (κ2) is 12.5. The minimum absolute atomic E-state index is 0.226. The lowest BCUT2D eigenvalue weighted by Crippen LogP contribution is -2.04. The van der Waals surface area contributed by atoms with E-state index < -0.39 is 0 Å². The van der Waals surface area contributed by atoms with E-state index in [4.69, 9.17) is 30.2 Å². The number of Topliss-reactive ketones (excluding diaryl/α,β-unsaturated/α-hetero) is 1. The molecule has 0 atom stereocenters. The van der Waals surface area contributed by atoms with Crippen LogP contribution in [0.1, 0.15) is 40.7 Å². The van der Waals surface area contributed by atoms with Gasteiger partial charge in [-0.15, -0.1) is 0 Å². The lowest BCUT2D eigenvalue weighted by atomic mass is 10.0. The number of para-hydroxylation sites is 2. The molecule has 0 bridgehead atoms. The third kappa shape index (κ3) is 6.35. The fraction of sp³-hybridized carbons (Fsp3) is 0.152. The van der Waals surface area contributed by atoms with Crippen molar-refractivity contribution < 1.29 is 23.4 Å². The highest BCUT2D eigenvalue weighted by molar-refractivity contribution is 6.31. The van der Waals surface area contributed by atoms with Gasteiger partial charge in [0.25, 0.3) is 0 Å². The van der Waals surface area contributed by atoms with E-state index >= 15 is 0 Å². The van der Waals surface area contributed by atoms with Crippen LogP contribution in [0.15, 0.2) is 95.4 Å². The largest absolute Gasteiger partial charge is 0.494 e. The fourth-order valence-electron chi connectivity index (χ4n) is 4.09. The lowest BCUT2D eigenvalue weighted by Gasteiger charge is -2.12. The van der Waals surface area contributed by atoms with Crippen LogP contribution in [0.4, 0.5) is 0 Å². The molecular weight excluding hydrogens is 526 g/mol. The van der Waals surface area contributed by atoms with Crippen molar-refractivity contribution >= 4 is 40.1 Å². The predicted octanol–water partition coefficient (Wildman–Crippen LogP) is 8.28. The molecule has 0 aliphatic heterocycles. The highest BCUT2D eigenvalue weighted by Crippen LogP contribution is 2.32. The summed E-state index contributed by atoms with van der Waals surface area (Å²) in [7, 11) is 1.58. The van der Waals surface area contributed by atoms with Crippen molar-refractivity contribution in [2.75, 3.05) is 13.7 Å². The summed E-state index contributed by atoms with van der Waals surface area (Å²) in [6.07, 6.45) is 2.65. The van der Waals surface area contributed by atoms with E-state index in [2.05, 4.69) is 4.98 Å². The topological polar surface area (TPSA) is 70.8 Å². The molecule has 7 heteroatoms. The number of oxazole rings is 1. The molecule has 1 heterocycles. The number of ketones is 1. The molecule has 0 fully saturated rings. The third-order valence-corrected chi connectivity index (χ3v) is 6.42. The van der Waals surface area contributed by atoms with Gasteiger partial charge in [-0.25, -0.2) is 4.98 Å². The molecule has 0 saturated heterocycles. The van der Waals surface area contributed by atoms with Gasteiger partial charge in [0.05, 0.1) is 19.3 Å². The zero-order chi connectivity index (χ0) is 27.9. The molecule has 0 aliphatic rings. The number of halogens is 1. The van der Waals surface area contributed by atoms with E-state index in [0.29, 0.717) is 57.7 Å². The van der Waals surface area contributed by atoms with Crippen molar-refractivity contribution in [1.82, 2.24) is 4.98 Å². The van der Waals surface area contributed by atoms with Crippen LogP contribution in [-0.2, 0) is 6.61 Å². The zero-order valence-electron chi connectivity index (χ0n) is 22.2. The number of carbonyl (C=O) groups is 1. The van der Waals surface area contributed by atoms with Gasteiger partial charge in [-0.3, -0.25) is 4.79 Å². The monoisotopic (exact) mass is 553 g/mol. The highest BCUT2D eigenvalue weighted by Gasteiger charge is 2.21. The summed E-state index contributed by atoms with van der Waals surface area (Å²) in [5.41, 5.74) is 3.78. The normalized spacial score (nSPS) is 11.4. The van der Waals surface area contributed by atoms with Crippen LogP contribution in [0.25, 0.3) is 22.7 Å². The number of ether oxygens (including phenoxy) is 3. The third-order valence-electron chi connectivity index (χ3n) is 6.16. The van der Waals surface area contributed by atoms with E-state index in [1.54, 1.807) is 37.5 Å². The first-order valence-electron chi connectivity index (χ1n) is 12.9. The minimum atomic E-state index is -0.226. The van der Waals surface area contributed by atoms with Crippen molar-refractivity contribution in [3.63, 3.8) is 0 Å². The molecule has 40 heavy (non-hydrogen) atoms. The molecule has 202 valence electrons. The van der Waals surface area contributed by atoms with E-state index in [1.807, 2.05) is 73.7 Å². The van der Waals surface area contributed by atoms with Crippen LogP contribution in [0.5, 0.6) is 17.2 Å². The standard InChI is InChI=1S/C33H28ClNO5/c1-3-18-38-26-15-11-24(12-16-26)32(36)27(33-35-28-6-4-5-7-29(28)40-33)19-23-10-17-30(31(20-23)37-2)39-21-22-8-13-25(34)14-9-22/h4-17,19-20H,3,18,21H2,1-2H3. The number of methoxy groups -OCH3 is 1. The maximum atomic E-state index is 13.8. The number of hydrogen-bond donors (Lipinski definition) is 0. The van der Waals surface area contributed by atoms with Gasteiger partial charge in [0.15, 0.2) is 22.9 Å². The number of nitrogens with zero attached hydrogens (tertiary/aromatic N) is 1. The van der Waals surface area contributed by atoms with Gasteiger partial charge < -0.3 is 18.6 Å². The highest BCUT2D eigenvalue weighted by atomic mass is 35.5. The SMILES string of the molecule is CCCOc1ccc(C(=O)C(=Cc2ccc(OCc3ccc(Cl)cc3)c(OC)c2)c2nc3ccccc3o2)cc1. The maximum absolute atomic E-state index is 13.8. The van der Waals surface area contributed by atoms with Crippen LogP contribution in [-0.4, -0.2) is 24.5 Å². The Balaban J connectivity index is 1.47. The van der Waals surface area contributed by atoms with Crippen LogP contribution in [0.3, 0.4) is 0 Å². The molecule has 5 aromatic rings. The molecule has 4 aromatic carbocycles. The number of benzene rings is 4. The number of rotatable bonds is 11. The zero-order valence-corrected chi connectivity index (χ0v) is 23.0. The smallest absolute Gasteiger partial charge is 0.231 e. The van der Waals surface area contributed by atoms with Crippen molar-refractivity contribution in [2.45, 2.75) is 20.0 Å². The van der Waals surface area contributed by atoms with Gasteiger partial charge in [0.2, 0.25) is 5.89 Å². The first-order chi connectivity index (χ1) is 19.5. The first-order valence-corrected chi connectivity index (χ1v) is 13.3. The molecule has 0 radical (unpaired) electrons. The van der Waals surface area contributed by atoms with E-state index in [0.717, 1.165) is 17.5 Å². The predicted molar refractivity (Wildman–Crippen MR) is 157 cm³/mol. The number of aromatic nitrogens is 1. The van der Waals surface area contributed by atoms with E-state index in [1.165, 1.54) is 0 Å². The number of fused-ring (bicyclic) bond motifs is 1. The van der Waals surface area contributed by atoms with Crippen molar-refractivity contribution in [3.05, 3.63) is 119 Å². The van der Waals surface area contributed by atoms with Crippen molar-refractivity contribution in [1.29, 1.82) is 0 Å². The molecule has 0 unspecified atom stereocenters. The Hall–Kier alpha value is -4.55. The average molecular weight is 554 g/mol. The molecule has 5 rings (SSSR count).